The van der Waals surface area contributed by atoms with Gasteiger partial charge in [-0.05, 0) is 220 Å². The Bertz CT molecular complexity index is 5310. The SMILES string of the molecule is CC(C)(C)c1cc(-c2cc(-c3cc(C(C)(C)C)cc(C(C)(C)C)c3)cc(-c3cccc(-c4cc(-c5cc(C(C)(C)C)cc(C(C)(C)C)c5)cc(-c5cc(C(C)(C)C)cc(C(C)(C)C)c5)c4)c3-[n+]3[c-]n(-c4[c-]c(Oc5[c-]c6c(cc5)c5ccccc5n6-c5ccccn5)ccc4)c4ccccc43)c2)cc(C(C)(C)C)c1.[Pt]. The Labute approximate surface area is 671 Å². The Morgan fingerprint density at radius 2 is 0.664 bits per heavy atom. The second kappa shape index (κ2) is 28.6. The summed E-state index contributed by atoms with van der Waals surface area (Å²) in [4.78, 5) is 4.81. The van der Waals surface area contributed by atoms with Gasteiger partial charge in [-0.3, -0.25) is 4.57 Å². The molecule has 0 amide bonds. The van der Waals surface area contributed by atoms with Crippen LogP contribution in [0.3, 0.4) is 0 Å². The average molecular weight is 1630 g/mol. The molecular weight excluding hydrogens is 1520 g/mol. The third-order valence-electron chi connectivity index (χ3n) is 22.0. The predicted octanol–water partition coefficient (Wildman–Crippen LogP) is 28.0. The summed E-state index contributed by atoms with van der Waals surface area (Å²) in [7, 11) is 0. The van der Waals surface area contributed by atoms with E-state index in [1.807, 2.05) is 36.5 Å². The number of nitrogens with zero attached hydrogens (tertiary/aromatic N) is 4. The van der Waals surface area contributed by atoms with Crippen LogP contribution in [-0.2, 0) is 64.4 Å². The molecule has 0 radical (unpaired) electrons. The van der Waals surface area contributed by atoms with E-state index in [0.29, 0.717) is 11.5 Å². The molecule has 0 N–H and O–H groups in total. The molecule has 564 valence electrons. The smallest absolute Gasteiger partial charge is 0.268 e. The van der Waals surface area contributed by atoms with Gasteiger partial charge in [0.1, 0.15) is 5.82 Å². The fourth-order valence-corrected chi connectivity index (χ4v) is 14.9. The second-order valence-electron chi connectivity index (χ2n) is 38.9. The summed E-state index contributed by atoms with van der Waals surface area (Å²) in [6, 6.07) is 92.1. The number of pyridine rings is 1. The van der Waals surface area contributed by atoms with Crippen molar-refractivity contribution in [3.8, 4) is 95.5 Å². The Hall–Kier alpha value is -9.67. The molecule has 0 atom stereocenters. The zero-order valence-corrected chi connectivity index (χ0v) is 71.7. The Morgan fingerprint density at radius 1 is 0.309 bits per heavy atom. The van der Waals surface area contributed by atoms with Gasteiger partial charge in [-0.1, -0.05) is 311 Å². The van der Waals surface area contributed by atoms with E-state index >= 15 is 0 Å². The quantitative estimate of drug-likeness (QED) is 0.0956. The van der Waals surface area contributed by atoms with E-state index in [0.717, 1.165) is 94.5 Å². The van der Waals surface area contributed by atoms with Crippen LogP contribution < -0.4 is 9.30 Å². The van der Waals surface area contributed by atoms with Crippen LogP contribution in [0.15, 0.2) is 231 Å². The van der Waals surface area contributed by atoms with Gasteiger partial charge in [0.25, 0.3) is 6.33 Å². The molecule has 0 aliphatic heterocycles. The van der Waals surface area contributed by atoms with Gasteiger partial charge >= 0.3 is 0 Å². The zero-order chi connectivity index (χ0) is 78.0. The van der Waals surface area contributed by atoms with Gasteiger partial charge in [-0.25, -0.2) is 4.98 Å². The molecule has 0 saturated carbocycles. The van der Waals surface area contributed by atoms with Crippen molar-refractivity contribution >= 4 is 32.8 Å². The second-order valence-corrected chi connectivity index (χ2v) is 38.9. The fourth-order valence-electron chi connectivity index (χ4n) is 14.9. The maximum Gasteiger partial charge on any atom is 0.268 e. The van der Waals surface area contributed by atoms with E-state index in [-0.39, 0.29) is 64.4 Å². The summed E-state index contributed by atoms with van der Waals surface area (Å²) in [6.45, 7) is 56.2. The summed E-state index contributed by atoms with van der Waals surface area (Å²) in [5, 5.41) is 2.19. The molecule has 0 bridgehead atoms. The molecule has 0 fully saturated rings. The van der Waals surface area contributed by atoms with Crippen molar-refractivity contribution in [2.24, 2.45) is 0 Å². The molecule has 6 heteroatoms. The van der Waals surface area contributed by atoms with Crippen molar-refractivity contribution in [2.45, 2.75) is 209 Å². The molecule has 14 rings (SSSR count). The normalized spacial score (nSPS) is 12.8. The molecule has 0 aliphatic carbocycles. The Morgan fingerprint density at radius 3 is 1.06 bits per heavy atom. The molecule has 0 spiro atoms. The molecule has 14 aromatic rings. The number of benzene rings is 11. The van der Waals surface area contributed by atoms with E-state index < -0.39 is 0 Å². The van der Waals surface area contributed by atoms with E-state index in [2.05, 4.69) is 392 Å². The van der Waals surface area contributed by atoms with Gasteiger partial charge in [-0.15, -0.1) is 29.7 Å². The minimum absolute atomic E-state index is 0. The van der Waals surface area contributed by atoms with Gasteiger partial charge in [0.2, 0.25) is 0 Å². The van der Waals surface area contributed by atoms with Crippen LogP contribution in [-0.4, -0.2) is 14.1 Å². The van der Waals surface area contributed by atoms with Crippen molar-refractivity contribution in [1.29, 1.82) is 0 Å². The first-order valence-electron chi connectivity index (χ1n) is 39.1. The summed E-state index contributed by atoms with van der Waals surface area (Å²) < 4.78 is 13.6. The van der Waals surface area contributed by atoms with Crippen LogP contribution in [0, 0.1) is 18.5 Å². The zero-order valence-electron chi connectivity index (χ0n) is 69.5. The number of hydrogen-bond acceptors (Lipinski definition) is 2. The van der Waals surface area contributed by atoms with Crippen LogP contribution in [0.2, 0.25) is 0 Å². The maximum absolute atomic E-state index is 6.91. The molecule has 0 unspecified atom stereocenters. The molecule has 5 nitrogen and oxygen atoms in total. The van der Waals surface area contributed by atoms with E-state index in [1.54, 1.807) is 0 Å². The van der Waals surface area contributed by atoms with Crippen molar-refractivity contribution in [1.82, 2.24) is 14.1 Å². The van der Waals surface area contributed by atoms with E-state index in [9.17, 15) is 0 Å². The van der Waals surface area contributed by atoms with Crippen LogP contribution in [0.1, 0.15) is 211 Å². The minimum Gasteiger partial charge on any atom is -0.510 e. The number of para-hydroxylation sites is 4. The molecule has 110 heavy (non-hydrogen) atoms. The number of rotatable bonds is 11. The molecule has 3 heterocycles. The van der Waals surface area contributed by atoms with Crippen molar-refractivity contribution in [3.05, 3.63) is 294 Å². The summed E-state index contributed by atoms with van der Waals surface area (Å²) >= 11 is 0. The first kappa shape index (κ1) is 78.4. The molecular formula is C104H110N4OPt-2. The van der Waals surface area contributed by atoms with Gasteiger partial charge in [-0.2, -0.15) is 18.2 Å². The van der Waals surface area contributed by atoms with Crippen LogP contribution >= 0.6 is 0 Å². The maximum atomic E-state index is 6.91. The Balaban J connectivity index is 0.0000106. The number of fused-ring (bicyclic) bond motifs is 4. The number of imidazole rings is 1. The van der Waals surface area contributed by atoms with Crippen molar-refractivity contribution in [3.63, 3.8) is 0 Å². The number of ether oxygens (including phenoxy) is 1. The molecule has 11 aromatic carbocycles. The first-order valence-corrected chi connectivity index (χ1v) is 39.1. The van der Waals surface area contributed by atoms with Gasteiger partial charge in [0, 0.05) is 44.3 Å². The average Bonchev–Trinajstić information content (AvgIpc) is 1.50. The Kier molecular flexibility index (Phi) is 20.4. The van der Waals surface area contributed by atoms with Crippen LogP contribution in [0.5, 0.6) is 11.5 Å². The van der Waals surface area contributed by atoms with Crippen molar-refractivity contribution < 1.29 is 30.4 Å². The molecule has 3 aromatic heterocycles. The number of aromatic nitrogens is 4. The molecule has 0 saturated heterocycles. The van der Waals surface area contributed by atoms with Gasteiger partial charge in [0.05, 0.1) is 16.7 Å². The van der Waals surface area contributed by atoms with E-state index in [1.165, 1.54) is 66.8 Å². The van der Waals surface area contributed by atoms with Gasteiger partial charge < -0.3 is 13.9 Å². The predicted molar refractivity (Wildman–Crippen MR) is 462 cm³/mol. The summed E-state index contributed by atoms with van der Waals surface area (Å²) in [6.07, 6.45) is 5.94. The van der Waals surface area contributed by atoms with E-state index in [4.69, 9.17) is 9.72 Å². The standard InChI is InChI=1S/C104H110N4O.Pt/c1-97(2,3)76-51-70(52-77(59-76)98(4,5)6)66-45-67(71-53-78(99(7,8)9)60-79(54-71)100(10,11)12)48-74(47-66)87-36-32-37-88(75-49-68(72-55-80(101(13,14)15)61-81(56-72)102(16,17)18)46-69(50-75)73-57-82(103(19,20)21)62-83(58-73)104(22,23)24)96(87)107-65-106(92-39-27-28-40-93(92)107)84-33-31-34-85(63-84)109-86-42-43-90-89-35-25-26-38-91(89)108(94(90)64-86)95-41-29-30-44-105-95;/h25-62H,1-24H3;/q-2;. The number of hydrogen-bond donors (Lipinski definition) is 0. The van der Waals surface area contributed by atoms with Crippen LogP contribution in [0.4, 0.5) is 0 Å². The fraction of sp³-hybridized carbons (Fsp3) is 0.308. The van der Waals surface area contributed by atoms with Gasteiger partial charge in [0.15, 0.2) is 0 Å². The monoisotopic (exact) mass is 1630 g/mol. The summed E-state index contributed by atoms with van der Waals surface area (Å²) in [5.41, 5.74) is 28.9. The first-order chi connectivity index (χ1) is 51.0. The topological polar surface area (TPSA) is 35.9 Å². The largest absolute Gasteiger partial charge is 0.510 e. The third-order valence-corrected chi connectivity index (χ3v) is 22.0. The molecule has 0 aliphatic rings. The summed E-state index contributed by atoms with van der Waals surface area (Å²) in [5.74, 6) is 1.93. The minimum atomic E-state index is -0.113. The van der Waals surface area contributed by atoms with Crippen molar-refractivity contribution in [2.75, 3.05) is 0 Å². The third kappa shape index (κ3) is 16.0. The van der Waals surface area contributed by atoms with Crippen LogP contribution in [0.25, 0.3) is 117 Å².